The molecule has 2 aromatic rings. The van der Waals surface area contributed by atoms with Gasteiger partial charge in [0.25, 0.3) is 5.91 Å². The summed E-state index contributed by atoms with van der Waals surface area (Å²) in [5.41, 5.74) is 4.54. The molecule has 0 saturated carbocycles. The number of carbonyl (C=O) groups is 1. The first-order valence-electron chi connectivity index (χ1n) is 8.08. The lowest BCUT2D eigenvalue weighted by Gasteiger charge is -2.28. The van der Waals surface area contributed by atoms with E-state index >= 15 is 0 Å². The minimum atomic E-state index is -0.285. The minimum absolute atomic E-state index is 0.285. The van der Waals surface area contributed by atoms with Gasteiger partial charge in [-0.2, -0.15) is 0 Å². The van der Waals surface area contributed by atoms with Crippen molar-refractivity contribution in [1.82, 2.24) is 10.3 Å². The lowest BCUT2D eigenvalue weighted by molar-refractivity contribution is -0.116. The van der Waals surface area contributed by atoms with Crippen LogP contribution in [0.2, 0.25) is 0 Å². The maximum Gasteiger partial charge on any atom is 0.252 e. The molecule has 26 heavy (non-hydrogen) atoms. The number of hydrogen-bond donors (Lipinski definition) is 4. The van der Waals surface area contributed by atoms with E-state index in [9.17, 15) is 4.79 Å². The van der Waals surface area contributed by atoms with Gasteiger partial charge < -0.3 is 25.7 Å². The molecule has 3 rings (SSSR count). The van der Waals surface area contributed by atoms with Gasteiger partial charge in [0.15, 0.2) is 0 Å². The van der Waals surface area contributed by atoms with Gasteiger partial charge in [-0.15, -0.1) is 0 Å². The number of amides is 1. The predicted octanol–water partition coefficient (Wildman–Crippen LogP) is 2.49. The van der Waals surface area contributed by atoms with Crippen molar-refractivity contribution in [3.63, 3.8) is 0 Å². The van der Waals surface area contributed by atoms with Crippen molar-refractivity contribution >= 4 is 23.0 Å². The number of allylic oxidation sites excluding steroid dienone is 1. The van der Waals surface area contributed by atoms with Gasteiger partial charge in [0.2, 0.25) is 0 Å². The molecule has 1 aliphatic rings. The van der Waals surface area contributed by atoms with E-state index < -0.39 is 0 Å². The fourth-order valence-electron chi connectivity index (χ4n) is 2.83. The fraction of sp³-hybridized carbons (Fsp3) is 0.158. The largest absolute Gasteiger partial charge is 0.494 e. The van der Waals surface area contributed by atoms with Gasteiger partial charge in [-0.05, 0) is 24.3 Å². The van der Waals surface area contributed by atoms with Crippen LogP contribution in [0.3, 0.4) is 0 Å². The van der Waals surface area contributed by atoms with Crippen LogP contribution in [0.25, 0.3) is 0 Å². The summed E-state index contributed by atoms with van der Waals surface area (Å²) in [5, 5.41) is 9.27. The number of hydrogen-bond acceptors (Lipinski definition) is 5. The second-order valence-corrected chi connectivity index (χ2v) is 5.60. The number of rotatable bonds is 5. The number of nitrogens with zero attached hydrogens (tertiary/aromatic N) is 1. The van der Waals surface area contributed by atoms with Crippen LogP contribution in [0.15, 0.2) is 65.1 Å². The van der Waals surface area contributed by atoms with E-state index in [2.05, 4.69) is 32.5 Å². The number of nitrogens with one attached hydrogen (secondary N) is 4. The lowest BCUT2D eigenvalue weighted by atomic mass is 10.0. The second-order valence-electron chi connectivity index (χ2n) is 5.60. The number of methoxy groups -OCH3 is 1. The maximum atomic E-state index is 12.2. The average molecular weight is 351 g/mol. The van der Waals surface area contributed by atoms with Crippen LogP contribution in [0.5, 0.6) is 5.75 Å². The molecule has 0 atom stereocenters. The highest BCUT2D eigenvalue weighted by Gasteiger charge is 2.27. The molecule has 1 aromatic carbocycles. The number of anilines is 2. The number of aliphatic imine (C=N–C) groups is 1. The fourth-order valence-corrected chi connectivity index (χ4v) is 2.83. The van der Waals surface area contributed by atoms with E-state index in [0.29, 0.717) is 28.4 Å². The summed E-state index contributed by atoms with van der Waals surface area (Å²) < 4.78 is 5.43. The molecule has 1 aliphatic heterocycles. The van der Waals surface area contributed by atoms with Crippen molar-refractivity contribution in [2.45, 2.75) is 0 Å². The van der Waals surface area contributed by atoms with Gasteiger partial charge in [-0.3, -0.25) is 9.79 Å². The Hall–Kier alpha value is -3.48. The first kappa shape index (κ1) is 17.3. The second kappa shape index (κ2) is 7.18. The predicted molar refractivity (Wildman–Crippen MR) is 104 cm³/mol. The molecule has 4 N–H and O–H groups in total. The number of aromatic amines is 1. The van der Waals surface area contributed by atoms with E-state index in [0.717, 1.165) is 17.1 Å². The average Bonchev–Trinajstić information content (AvgIpc) is 3.20. The van der Waals surface area contributed by atoms with Gasteiger partial charge in [0.1, 0.15) is 17.1 Å². The van der Waals surface area contributed by atoms with Crippen LogP contribution in [0.1, 0.15) is 5.69 Å². The van der Waals surface area contributed by atoms with Crippen molar-refractivity contribution < 1.29 is 9.53 Å². The van der Waals surface area contributed by atoms with Crippen molar-refractivity contribution in [1.29, 1.82) is 0 Å². The summed E-state index contributed by atoms with van der Waals surface area (Å²) in [6, 6.07) is 9.46. The Morgan fingerprint density at radius 2 is 2.00 bits per heavy atom. The number of carbonyl (C=O) groups excluding carboxylic acids is 1. The number of para-hydroxylation sites is 1. The van der Waals surface area contributed by atoms with Crippen molar-refractivity contribution in [2.24, 2.45) is 4.99 Å². The Morgan fingerprint density at radius 3 is 2.62 bits per heavy atom. The Balaban J connectivity index is 2.16. The monoisotopic (exact) mass is 351 g/mol. The summed E-state index contributed by atoms with van der Waals surface area (Å²) in [5.74, 6) is 0.373. The van der Waals surface area contributed by atoms with E-state index in [1.807, 2.05) is 36.5 Å². The van der Waals surface area contributed by atoms with Crippen LogP contribution in [-0.2, 0) is 4.79 Å². The Bertz CT molecular complexity index is 910. The number of aromatic nitrogens is 1. The SMILES string of the molecule is C=C(C(=O)NC)C1=C(C(=NC)c2ccc[nH]2)Nc2cccc(OC)c2N1. The number of benzene rings is 1. The minimum Gasteiger partial charge on any atom is -0.494 e. The van der Waals surface area contributed by atoms with Crippen LogP contribution in [-0.4, -0.2) is 37.8 Å². The van der Waals surface area contributed by atoms with Gasteiger partial charge >= 0.3 is 0 Å². The van der Waals surface area contributed by atoms with Gasteiger partial charge in [-0.1, -0.05) is 12.6 Å². The van der Waals surface area contributed by atoms with Gasteiger partial charge in [-0.25, -0.2) is 0 Å². The normalized spacial score (nSPS) is 13.4. The molecule has 1 amide bonds. The molecule has 7 nitrogen and oxygen atoms in total. The third-order valence-corrected chi connectivity index (χ3v) is 4.12. The van der Waals surface area contributed by atoms with E-state index in [1.54, 1.807) is 21.2 Å². The van der Waals surface area contributed by atoms with Crippen molar-refractivity contribution in [3.05, 3.63) is 65.8 Å². The number of H-pyrrole nitrogens is 1. The highest BCUT2D eigenvalue weighted by molar-refractivity contribution is 6.17. The number of fused-ring (bicyclic) bond motifs is 1. The first-order valence-corrected chi connectivity index (χ1v) is 8.08. The van der Waals surface area contributed by atoms with Crippen LogP contribution in [0.4, 0.5) is 11.4 Å². The molecule has 0 fully saturated rings. The van der Waals surface area contributed by atoms with Crippen molar-refractivity contribution in [3.8, 4) is 5.75 Å². The summed E-state index contributed by atoms with van der Waals surface area (Å²) in [6.07, 6.45) is 1.82. The smallest absolute Gasteiger partial charge is 0.252 e. The Labute approximate surface area is 151 Å². The number of likely N-dealkylation sites (N-methyl/N-ethyl adjacent to an activating group) is 1. The van der Waals surface area contributed by atoms with Crippen LogP contribution < -0.4 is 20.7 Å². The highest BCUT2D eigenvalue weighted by atomic mass is 16.5. The molecule has 0 spiro atoms. The molecular formula is C19H21N5O2. The van der Waals surface area contributed by atoms with E-state index in [-0.39, 0.29) is 5.91 Å². The molecule has 0 unspecified atom stereocenters. The zero-order valence-electron chi connectivity index (χ0n) is 14.9. The highest BCUT2D eigenvalue weighted by Crippen LogP contribution is 2.39. The molecule has 0 aliphatic carbocycles. The Morgan fingerprint density at radius 1 is 1.19 bits per heavy atom. The third-order valence-electron chi connectivity index (χ3n) is 4.12. The van der Waals surface area contributed by atoms with Crippen molar-refractivity contribution in [2.75, 3.05) is 31.8 Å². The first-order chi connectivity index (χ1) is 12.6. The standard InChI is InChI=1S/C19H21N5O2/c1-11(19(25)21-3)15-18(17(20-2)12-8-6-10-22-12)23-13-7-5-9-14(26-4)16(13)24-15/h5-10,22-24H,1H2,2-4H3,(H,21,25). The van der Waals surface area contributed by atoms with E-state index in [4.69, 9.17) is 4.74 Å². The topological polar surface area (TPSA) is 90.5 Å². The molecule has 0 saturated heterocycles. The number of ether oxygens (including phenoxy) is 1. The maximum absolute atomic E-state index is 12.2. The molecule has 1 aromatic heterocycles. The third kappa shape index (κ3) is 2.95. The van der Waals surface area contributed by atoms with Crippen LogP contribution in [0, 0.1) is 0 Å². The molecule has 2 heterocycles. The molecule has 7 heteroatoms. The molecule has 0 radical (unpaired) electrons. The van der Waals surface area contributed by atoms with E-state index in [1.165, 1.54) is 0 Å². The zero-order valence-corrected chi connectivity index (χ0v) is 14.9. The van der Waals surface area contributed by atoms with Gasteiger partial charge in [0.05, 0.1) is 35.5 Å². The summed E-state index contributed by atoms with van der Waals surface area (Å²) >= 11 is 0. The zero-order chi connectivity index (χ0) is 18.7. The Kier molecular flexibility index (Phi) is 4.79. The molecular weight excluding hydrogens is 330 g/mol. The summed E-state index contributed by atoms with van der Waals surface area (Å²) in [7, 11) is 4.87. The van der Waals surface area contributed by atoms with Gasteiger partial charge in [0, 0.05) is 20.3 Å². The summed E-state index contributed by atoms with van der Waals surface area (Å²) in [6.45, 7) is 3.95. The lowest BCUT2D eigenvalue weighted by Crippen LogP contribution is -2.29. The quantitative estimate of drug-likeness (QED) is 0.492. The van der Waals surface area contributed by atoms with Crippen LogP contribution >= 0.6 is 0 Å². The summed E-state index contributed by atoms with van der Waals surface area (Å²) in [4.78, 5) is 19.8. The molecule has 0 bridgehead atoms. The molecule has 134 valence electrons.